The van der Waals surface area contributed by atoms with Gasteiger partial charge in [-0.05, 0) is 31.1 Å². The van der Waals surface area contributed by atoms with Crippen LogP contribution < -0.4 is 0 Å². The van der Waals surface area contributed by atoms with Crippen LogP contribution >= 0.6 is 0 Å². The lowest BCUT2D eigenvalue weighted by Crippen LogP contribution is -2.30. The molecule has 3 atom stereocenters. The predicted molar refractivity (Wildman–Crippen MR) is 270 cm³/mol. The Hall–Kier alpha value is -1.59. The number of hydrogen-bond donors (Lipinski definition) is 0. The maximum absolute atomic E-state index is 12.8. The van der Waals surface area contributed by atoms with E-state index in [4.69, 9.17) is 14.2 Å². The highest BCUT2D eigenvalue weighted by Gasteiger charge is 2.19. The lowest BCUT2D eigenvalue weighted by molar-refractivity contribution is -0.167. The Morgan fingerprint density at radius 1 is 0.317 bits per heavy atom. The molecule has 0 aliphatic heterocycles. The summed E-state index contributed by atoms with van der Waals surface area (Å²) in [5, 5.41) is 0. The highest BCUT2D eigenvalue weighted by molar-refractivity contribution is 5.71. The molecule has 63 heavy (non-hydrogen) atoms. The van der Waals surface area contributed by atoms with E-state index >= 15 is 0 Å². The Bertz CT molecular complexity index is 966. The number of unbranched alkanes of at least 4 members (excludes halogenated alkanes) is 34. The van der Waals surface area contributed by atoms with Gasteiger partial charge in [-0.3, -0.25) is 14.4 Å². The van der Waals surface area contributed by atoms with E-state index in [1.165, 1.54) is 199 Å². The van der Waals surface area contributed by atoms with Crippen LogP contribution in [0, 0.1) is 11.8 Å². The van der Waals surface area contributed by atoms with E-state index in [0.717, 1.165) is 76.0 Å². The molecule has 0 fully saturated rings. The lowest BCUT2D eigenvalue weighted by Gasteiger charge is -2.18. The van der Waals surface area contributed by atoms with Gasteiger partial charge in [0.15, 0.2) is 6.10 Å². The molecule has 0 aromatic carbocycles. The van der Waals surface area contributed by atoms with Gasteiger partial charge in [0.1, 0.15) is 13.2 Å². The Kier molecular flexibility index (Phi) is 48.6. The second kappa shape index (κ2) is 49.8. The molecule has 0 radical (unpaired) electrons. The first kappa shape index (κ1) is 61.4. The zero-order valence-electron chi connectivity index (χ0n) is 43.2. The van der Waals surface area contributed by atoms with E-state index in [-0.39, 0.29) is 31.1 Å². The van der Waals surface area contributed by atoms with Crippen molar-refractivity contribution in [3.63, 3.8) is 0 Å². The van der Waals surface area contributed by atoms with Crippen LogP contribution in [0.2, 0.25) is 0 Å². The van der Waals surface area contributed by atoms with Crippen molar-refractivity contribution in [1.29, 1.82) is 0 Å². The third-order valence-electron chi connectivity index (χ3n) is 13.7. The van der Waals surface area contributed by atoms with Crippen LogP contribution in [-0.2, 0) is 28.6 Å². The number of esters is 3. The third kappa shape index (κ3) is 48.2. The molecule has 0 saturated heterocycles. The molecule has 6 heteroatoms. The Morgan fingerprint density at radius 3 is 0.825 bits per heavy atom. The summed E-state index contributed by atoms with van der Waals surface area (Å²) in [6.45, 7) is 11.4. The Morgan fingerprint density at radius 2 is 0.556 bits per heavy atom. The molecular weight excluding hydrogens is 781 g/mol. The van der Waals surface area contributed by atoms with Gasteiger partial charge < -0.3 is 14.2 Å². The first-order chi connectivity index (χ1) is 30.8. The molecular formula is C57H110O6. The van der Waals surface area contributed by atoms with Crippen molar-refractivity contribution in [2.24, 2.45) is 11.8 Å². The molecule has 0 bridgehead atoms. The van der Waals surface area contributed by atoms with Crippen LogP contribution in [0.5, 0.6) is 0 Å². The molecule has 2 unspecified atom stereocenters. The second-order valence-electron chi connectivity index (χ2n) is 20.1. The van der Waals surface area contributed by atoms with Crippen LogP contribution in [0.25, 0.3) is 0 Å². The first-order valence-electron chi connectivity index (χ1n) is 28.3. The zero-order valence-corrected chi connectivity index (χ0v) is 43.2. The van der Waals surface area contributed by atoms with Crippen LogP contribution in [-0.4, -0.2) is 37.2 Å². The largest absolute Gasteiger partial charge is 0.462 e. The minimum atomic E-state index is -0.760. The van der Waals surface area contributed by atoms with Gasteiger partial charge in [0.25, 0.3) is 0 Å². The molecule has 0 amide bonds. The fourth-order valence-corrected chi connectivity index (χ4v) is 8.63. The van der Waals surface area contributed by atoms with Gasteiger partial charge in [-0.2, -0.15) is 0 Å². The van der Waals surface area contributed by atoms with E-state index in [1.54, 1.807) is 0 Å². The van der Waals surface area contributed by atoms with Crippen LogP contribution in [0.15, 0.2) is 0 Å². The van der Waals surface area contributed by atoms with Gasteiger partial charge in [0.2, 0.25) is 0 Å². The smallest absolute Gasteiger partial charge is 0.306 e. The van der Waals surface area contributed by atoms with Gasteiger partial charge in [-0.1, -0.05) is 279 Å². The third-order valence-corrected chi connectivity index (χ3v) is 13.7. The first-order valence-corrected chi connectivity index (χ1v) is 28.3. The molecule has 374 valence electrons. The summed E-state index contributed by atoms with van der Waals surface area (Å²) in [5.41, 5.74) is 0. The van der Waals surface area contributed by atoms with E-state index in [1.807, 2.05) is 0 Å². The summed E-state index contributed by atoms with van der Waals surface area (Å²) < 4.78 is 16.7. The van der Waals surface area contributed by atoms with Gasteiger partial charge >= 0.3 is 17.9 Å². The van der Waals surface area contributed by atoms with Gasteiger partial charge in [0.05, 0.1) is 0 Å². The van der Waals surface area contributed by atoms with Crippen molar-refractivity contribution >= 4 is 17.9 Å². The van der Waals surface area contributed by atoms with E-state index < -0.39 is 6.10 Å². The summed E-state index contributed by atoms with van der Waals surface area (Å²) in [4.78, 5) is 37.8. The standard InChI is InChI=1S/C57H110O6/c1-6-9-10-35-42-47-55(58)61-50-54(63-57(60)49-44-39-34-30-26-22-18-17-20-24-28-32-37-41-46-53(5)8-3)51-62-56(59)48-43-38-33-29-25-21-16-14-12-11-13-15-19-23-27-31-36-40-45-52(4)7-2/h52-54H,6-51H2,1-5H3/t52?,53?,54-/m0/s1. The molecule has 6 nitrogen and oxygen atoms in total. The molecule has 0 heterocycles. The number of rotatable bonds is 51. The monoisotopic (exact) mass is 891 g/mol. The number of hydrogen-bond acceptors (Lipinski definition) is 6. The zero-order chi connectivity index (χ0) is 46.1. The van der Waals surface area contributed by atoms with Crippen molar-refractivity contribution in [1.82, 2.24) is 0 Å². The Balaban J connectivity index is 4.04. The van der Waals surface area contributed by atoms with Crippen molar-refractivity contribution in [3.8, 4) is 0 Å². The number of carbonyl (C=O) groups is 3. The summed E-state index contributed by atoms with van der Waals surface area (Å²) in [7, 11) is 0. The molecule has 0 rings (SSSR count). The maximum atomic E-state index is 12.8. The van der Waals surface area contributed by atoms with E-state index in [9.17, 15) is 14.4 Å². The summed E-state index contributed by atoms with van der Waals surface area (Å²) in [6.07, 6.45) is 52.6. The fraction of sp³-hybridized carbons (Fsp3) is 0.947. The molecule has 0 saturated carbocycles. The molecule has 0 spiro atoms. The van der Waals surface area contributed by atoms with Gasteiger partial charge in [-0.25, -0.2) is 0 Å². The fourth-order valence-electron chi connectivity index (χ4n) is 8.63. The maximum Gasteiger partial charge on any atom is 0.306 e. The minimum absolute atomic E-state index is 0.0640. The van der Waals surface area contributed by atoms with Gasteiger partial charge in [0, 0.05) is 19.3 Å². The minimum Gasteiger partial charge on any atom is -0.462 e. The van der Waals surface area contributed by atoms with Crippen molar-refractivity contribution < 1.29 is 28.6 Å². The summed E-state index contributed by atoms with van der Waals surface area (Å²) >= 11 is 0. The number of ether oxygens (including phenoxy) is 3. The van der Waals surface area contributed by atoms with E-state index in [2.05, 4.69) is 34.6 Å². The van der Waals surface area contributed by atoms with Crippen molar-refractivity contribution in [2.45, 2.75) is 323 Å². The predicted octanol–water partition coefficient (Wildman–Crippen LogP) is 18.5. The van der Waals surface area contributed by atoms with Crippen LogP contribution in [0.1, 0.15) is 317 Å². The highest BCUT2D eigenvalue weighted by atomic mass is 16.6. The topological polar surface area (TPSA) is 78.9 Å². The summed E-state index contributed by atoms with van der Waals surface area (Å²) in [6, 6.07) is 0. The van der Waals surface area contributed by atoms with Crippen molar-refractivity contribution in [3.05, 3.63) is 0 Å². The summed E-state index contributed by atoms with van der Waals surface area (Å²) in [5.74, 6) is 0.948. The lowest BCUT2D eigenvalue weighted by atomic mass is 9.99. The van der Waals surface area contributed by atoms with Crippen LogP contribution in [0.4, 0.5) is 0 Å². The highest BCUT2D eigenvalue weighted by Crippen LogP contribution is 2.19. The Labute approximate surface area is 393 Å². The second-order valence-corrected chi connectivity index (χ2v) is 20.1. The van der Waals surface area contributed by atoms with Crippen molar-refractivity contribution in [2.75, 3.05) is 13.2 Å². The molecule has 0 N–H and O–H groups in total. The average molecular weight is 892 g/mol. The average Bonchev–Trinajstić information content (AvgIpc) is 3.28. The molecule has 0 aliphatic rings. The molecule has 0 aromatic rings. The number of carbonyl (C=O) groups excluding carboxylic acids is 3. The quantitative estimate of drug-likeness (QED) is 0.0344. The molecule has 0 aromatic heterocycles. The van der Waals surface area contributed by atoms with Crippen LogP contribution in [0.3, 0.4) is 0 Å². The SMILES string of the molecule is CCCCCCCC(=O)OC[C@@H](COC(=O)CCCCCCCCCCCCCCCCCCCCC(C)CC)OC(=O)CCCCCCCCCCCCCCCCC(C)CC. The molecule has 0 aliphatic carbocycles. The normalized spacial score (nSPS) is 12.9. The van der Waals surface area contributed by atoms with E-state index in [0.29, 0.717) is 19.3 Å². The van der Waals surface area contributed by atoms with Gasteiger partial charge in [-0.15, -0.1) is 0 Å².